The van der Waals surface area contributed by atoms with Gasteiger partial charge in [-0.3, -0.25) is 9.69 Å². The van der Waals surface area contributed by atoms with Crippen molar-refractivity contribution in [2.45, 2.75) is 25.2 Å². The Kier molecular flexibility index (Phi) is 4.99. The molecule has 1 aliphatic heterocycles. The highest BCUT2D eigenvalue weighted by Crippen LogP contribution is 2.20. The molecule has 20 heavy (non-hydrogen) atoms. The summed E-state index contributed by atoms with van der Waals surface area (Å²) in [5, 5.41) is 10.8. The molecule has 2 unspecified atom stereocenters. The molecule has 1 aromatic rings. The highest BCUT2D eigenvalue weighted by molar-refractivity contribution is 6.30. The van der Waals surface area contributed by atoms with Gasteiger partial charge in [-0.2, -0.15) is 0 Å². The zero-order valence-corrected chi connectivity index (χ0v) is 12.1. The van der Waals surface area contributed by atoms with E-state index < -0.39 is 18.1 Å². The number of β-amino-alcohol motifs (C(OH)–C–C–N with tert-alkyl or cyclic N) is 1. The van der Waals surface area contributed by atoms with E-state index in [1.807, 2.05) is 17.9 Å². The van der Waals surface area contributed by atoms with Crippen molar-refractivity contribution in [1.82, 2.24) is 4.90 Å². The molecule has 0 saturated carbocycles. The van der Waals surface area contributed by atoms with E-state index in [4.69, 9.17) is 22.1 Å². The lowest BCUT2D eigenvalue weighted by Crippen LogP contribution is -2.52. The third-order valence-electron chi connectivity index (χ3n) is 3.32. The highest BCUT2D eigenvalue weighted by Gasteiger charge is 2.30. The fraction of sp³-hybridized carbons (Fsp3) is 0.500. The predicted molar refractivity (Wildman–Crippen MR) is 76.4 cm³/mol. The summed E-state index contributed by atoms with van der Waals surface area (Å²) >= 11 is 5.91. The molecular formula is C14H19ClN2O3. The maximum Gasteiger partial charge on any atom is 0.247 e. The van der Waals surface area contributed by atoms with Crippen molar-refractivity contribution in [3.8, 4) is 0 Å². The first-order chi connectivity index (χ1) is 9.45. The van der Waals surface area contributed by atoms with Crippen LogP contribution in [0.25, 0.3) is 0 Å². The Hall–Kier alpha value is -1.14. The summed E-state index contributed by atoms with van der Waals surface area (Å²) in [6, 6.07) is 7.13. The second-order valence-corrected chi connectivity index (χ2v) is 5.56. The lowest BCUT2D eigenvalue weighted by Gasteiger charge is -2.36. The maximum atomic E-state index is 11.2. The summed E-state index contributed by atoms with van der Waals surface area (Å²) in [4.78, 5) is 13.2. The molecule has 5 nitrogen and oxygen atoms in total. The topological polar surface area (TPSA) is 75.8 Å². The first kappa shape index (κ1) is 15.3. The largest absolute Gasteiger partial charge is 0.387 e. The predicted octanol–water partition coefficient (Wildman–Crippen LogP) is 0.948. The van der Waals surface area contributed by atoms with Crippen molar-refractivity contribution in [3.05, 3.63) is 34.9 Å². The molecule has 0 aliphatic carbocycles. The Bertz CT molecular complexity index is 483. The van der Waals surface area contributed by atoms with Gasteiger partial charge in [0.2, 0.25) is 5.91 Å². The minimum Gasteiger partial charge on any atom is -0.387 e. The molecule has 1 fully saturated rings. The average molecular weight is 299 g/mol. The lowest BCUT2D eigenvalue weighted by atomic mass is 10.1. The van der Waals surface area contributed by atoms with Crippen LogP contribution in [-0.4, -0.2) is 47.8 Å². The summed E-state index contributed by atoms with van der Waals surface area (Å²) in [6.07, 6.45) is -1.37. The number of benzene rings is 1. The van der Waals surface area contributed by atoms with E-state index in [9.17, 15) is 9.90 Å². The normalized spacial score (nSPS) is 25.4. The zero-order valence-electron chi connectivity index (χ0n) is 11.3. The Morgan fingerprint density at radius 2 is 2.35 bits per heavy atom. The number of halogens is 1. The number of ether oxygens (including phenoxy) is 1. The second kappa shape index (κ2) is 6.54. The SMILES string of the molecule is C[C@@H]1CN(CC(O)c2cccc(Cl)c2)CC(C(N)=O)O1. The van der Waals surface area contributed by atoms with Crippen LogP contribution in [0.4, 0.5) is 0 Å². The summed E-state index contributed by atoms with van der Waals surface area (Å²) in [5.74, 6) is -0.473. The van der Waals surface area contributed by atoms with Crippen LogP contribution < -0.4 is 5.73 Å². The summed E-state index contributed by atoms with van der Waals surface area (Å²) in [5.41, 5.74) is 6.04. The van der Waals surface area contributed by atoms with Crippen LogP contribution in [0.2, 0.25) is 5.02 Å². The quantitative estimate of drug-likeness (QED) is 0.868. The number of rotatable bonds is 4. The number of carbonyl (C=O) groups excluding carboxylic acids is 1. The number of aliphatic hydroxyl groups is 1. The van der Waals surface area contributed by atoms with Gasteiger partial charge in [-0.1, -0.05) is 23.7 Å². The Balaban J connectivity index is 1.99. The van der Waals surface area contributed by atoms with E-state index in [2.05, 4.69) is 0 Å². The van der Waals surface area contributed by atoms with Crippen LogP contribution in [0, 0.1) is 0 Å². The first-order valence-electron chi connectivity index (χ1n) is 6.56. The molecule has 1 amide bonds. The Morgan fingerprint density at radius 3 is 3.00 bits per heavy atom. The Labute approximate surface area is 123 Å². The van der Waals surface area contributed by atoms with Gasteiger partial charge in [0, 0.05) is 24.7 Å². The van der Waals surface area contributed by atoms with E-state index in [1.54, 1.807) is 18.2 Å². The first-order valence-corrected chi connectivity index (χ1v) is 6.94. The van der Waals surface area contributed by atoms with Gasteiger partial charge >= 0.3 is 0 Å². The molecule has 6 heteroatoms. The van der Waals surface area contributed by atoms with Gasteiger partial charge in [-0.05, 0) is 24.6 Å². The standard InChI is InChI=1S/C14H19ClN2O3/c1-9-6-17(8-13(20-9)14(16)19)7-12(18)10-3-2-4-11(15)5-10/h2-5,9,12-13,18H,6-8H2,1H3,(H2,16,19)/t9-,12?,13?/m1/s1. The highest BCUT2D eigenvalue weighted by atomic mass is 35.5. The van der Waals surface area contributed by atoms with Crippen molar-refractivity contribution < 1.29 is 14.6 Å². The molecule has 0 radical (unpaired) electrons. The molecule has 0 bridgehead atoms. The number of primary amides is 1. The number of hydrogen-bond acceptors (Lipinski definition) is 4. The van der Waals surface area contributed by atoms with Gasteiger partial charge in [0.05, 0.1) is 12.2 Å². The monoisotopic (exact) mass is 298 g/mol. The molecule has 2 rings (SSSR count). The zero-order chi connectivity index (χ0) is 14.7. The molecule has 1 aliphatic rings. The molecule has 3 atom stereocenters. The summed E-state index contributed by atoms with van der Waals surface area (Å²) < 4.78 is 5.47. The molecule has 110 valence electrons. The molecule has 1 aromatic carbocycles. The van der Waals surface area contributed by atoms with Crippen LogP contribution in [-0.2, 0) is 9.53 Å². The molecule has 1 saturated heterocycles. The number of amides is 1. The minimum absolute atomic E-state index is 0.0900. The third kappa shape index (κ3) is 3.93. The van der Waals surface area contributed by atoms with E-state index in [1.165, 1.54) is 0 Å². The average Bonchev–Trinajstić information content (AvgIpc) is 2.37. The molecule has 3 N–H and O–H groups in total. The molecule has 0 aromatic heterocycles. The van der Waals surface area contributed by atoms with Crippen molar-refractivity contribution in [1.29, 1.82) is 0 Å². The van der Waals surface area contributed by atoms with Gasteiger partial charge in [0.15, 0.2) is 0 Å². The van der Waals surface area contributed by atoms with Crippen LogP contribution >= 0.6 is 11.6 Å². The molecule has 0 spiro atoms. The summed E-state index contributed by atoms with van der Waals surface area (Å²) in [6.45, 7) is 3.35. The maximum absolute atomic E-state index is 11.2. The van der Waals surface area contributed by atoms with Gasteiger partial charge < -0.3 is 15.6 Å². The van der Waals surface area contributed by atoms with Gasteiger partial charge in [0.1, 0.15) is 6.10 Å². The molecule has 1 heterocycles. The van der Waals surface area contributed by atoms with E-state index in [0.717, 1.165) is 5.56 Å². The van der Waals surface area contributed by atoms with Crippen molar-refractivity contribution >= 4 is 17.5 Å². The van der Waals surface area contributed by atoms with E-state index in [0.29, 0.717) is 24.7 Å². The Morgan fingerprint density at radius 1 is 1.60 bits per heavy atom. The number of carbonyl (C=O) groups is 1. The number of aliphatic hydroxyl groups excluding tert-OH is 1. The second-order valence-electron chi connectivity index (χ2n) is 5.13. The minimum atomic E-state index is -0.660. The molecular weight excluding hydrogens is 280 g/mol. The third-order valence-corrected chi connectivity index (χ3v) is 3.55. The number of nitrogens with two attached hydrogens (primary N) is 1. The van der Waals surface area contributed by atoms with Crippen LogP contribution in [0.1, 0.15) is 18.6 Å². The fourth-order valence-corrected chi connectivity index (χ4v) is 2.61. The van der Waals surface area contributed by atoms with Gasteiger partial charge in [-0.15, -0.1) is 0 Å². The van der Waals surface area contributed by atoms with Gasteiger partial charge in [-0.25, -0.2) is 0 Å². The smallest absolute Gasteiger partial charge is 0.247 e. The number of morpholine rings is 1. The number of hydrogen-bond donors (Lipinski definition) is 2. The number of nitrogens with zero attached hydrogens (tertiary/aromatic N) is 1. The van der Waals surface area contributed by atoms with Gasteiger partial charge in [0.25, 0.3) is 0 Å². The van der Waals surface area contributed by atoms with Crippen LogP contribution in [0.3, 0.4) is 0 Å². The van der Waals surface area contributed by atoms with E-state index >= 15 is 0 Å². The van der Waals surface area contributed by atoms with Crippen molar-refractivity contribution in [3.63, 3.8) is 0 Å². The van der Waals surface area contributed by atoms with Crippen molar-refractivity contribution in [2.75, 3.05) is 19.6 Å². The fourth-order valence-electron chi connectivity index (χ4n) is 2.41. The van der Waals surface area contributed by atoms with Crippen LogP contribution in [0.15, 0.2) is 24.3 Å². The van der Waals surface area contributed by atoms with E-state index in [-0.39, 0.29) is 6.10 Å². The lowest BCUT2D eigenvalue weighted by molar-refractivity contribution is -0.143. The van der Waals surface area contributed by atoms with Crippen LogP contribution in [0.5, 0.6) is 0 Å². The van der Waals surface area contributed by atoms with Crippen molar-refractivity contribution in [2.24, 2.45) is 5.73 Å². The summed E-state index contributed by atoms with van der Waals surface area (Å²) in [7, 11) is 0.